The van der Waals surface area contributed by atoms with Gasteiger partial charge in [0.05, 0.1) is 0 Å². The topological polar surface area (TPSA) is 43.7 Å². The average molecular weight is 214 g/mol. The van der Waals surface area contributed by atoms with Crippen LogP contribution in [0.2, 0.25) is 0 Å². The van der Waals surface area contributed by atoms with E-state index in [9.17, 15) is 0 Å². The van der Waals surface area contributed by atoms with Crippen LogP contribution in [0.1, 0.15) is 13.8 Å². The first-order chi connectivity index (χ1) is 4.20. The maximum absolute atomic E-state index is 8.50. The van der Waals surface area contributed by atoms with Gasteiger partial charge in [0.25, 0.3) is 0 Å². The molecule has 0 atom stereocenters. The van der Waals surface area contributed by atoms with Crippen LogP contribution >= 0.6 is 17.0 Å². The Kier molecular flexibility index (Phi) is 9.70. The van der Waals surface area contributed by atoms with Crippen LogP contribution in [0.5, 0.6) is 0 Å². The van der Waals surface area contributed by atoms with Crippen LogP contribution < -0.4 is 0 Å². The monoisotopic (exact) mass is 213 g/mol. The summed E-state index contributed by atoms with van der Waals surface area (Å²) in [6.07, 6.45) is -1.19. The second-order valence-corrected chi connectivity index (χ2v) is 1.97. The molecule has 0 saturated carbocycles. The van der Waals surface area contributed by atoms with Crippen LogP contribution in [0.15, 0.2) is 0 Å². The van der Waals surface area contributed by atoms with Crippen molar-refractivity contribution in [3.8, 4) is 0 Å². The fourth-order valence-corrected chi connectivity index (χ4v) is 0.713. The Labute approximate surface area is 72.4 Å². The standard InChI is InChI=1S/C6H15NO2.BrH/c1-3-7(4-2)5-6(8)9;/h6,8-9H,3-5H2,1-2H3;1H. The van der Waals surface area contributed by atoms with E-state index < -0.39 is 6.29 Å². The third-order valence-corrected chi connectivity index (χ3v) is 1.32. The first-order valence-electron chi connectivity index (χ1n) is 3.29. The molecule has 0 aromatic rings. The van der Waals surface area contributed by atoms with E-state index in [2.05, 4.69) is 0 Å². The van der Waals surface area contributed by atoms with Crippen molar-refractivity contribution < 1.29 is 10.2 Å². The van der Waals surface area contributed by atoms with Gasteiger partial charge in [-0.1, -0.05) is 13.8 Å². The molecule has 0 saturated heterocycles. The summed E-state index contributed by atoms with van der Waals surface area (Å²) in [6, 6.07) is 0. The highest BCUT2D eigenvalue weighted by molar-refractivity contribution is 8.93. The molecule has 4 heteroatoms. The Balaban J connectivity index is 0. The summed E-state index contributed by atoms with van der Waals surface area (Å²) in [5.41, 5.74) is 0. The van der Waals surface area contributed by atoms with E-state index in [1.807, 2.05) is 18.7 Å². The smallest absolute Gasteiger partial charge is 0.164 e. The molecule has 0 spiro atoms. The number of hydrogen-bond acceptors (Lipinski definition) is 3. The van der Waals surface area contributed by atoms with Gasteiger partial charge in [0.15, 0.2) is 6.29 Å². The molecule has 3 nitrogen and oxygen atoms in total. The first-order valence-corrected chi connectivity index (χ1v) is 3.29. The largest absolute Gasteiger partial charge is 0.367 e. The number of rotatable bonds is 4. The molecule has 0 aliphatic rings. The van der Waals surface area contributed by atoms with Crippen molar-refractivity contribution in [2.24, 2.45) is 0 Å². The summed E-state index contributed by atoms with van der Waals surface area (Å²) in [5.74, 6) is 0. The average Bonchev–Trinajstić information content (AvgIpc) is 1.82. The van der Waals surface area contributed by atoms with E-state index in [1.54, 1.807) is 0 Å². The second-order valence-electron chi connectivity index (χ2n) is 1.97. The van der Waals surface area contributed by atoms with Crippen molar-refractivity contribution in [1.29, 1.82) is 0 Å². The number of likely N-dealkylation sites (N-methyl/N-ethyl adjacent to an activating group) is 1. The van der Waals surface area contributed by atoms with Crippen LogP contribution in [-0.4, -0.2) is 41.0 Å². The number of halogens is 1. The van der Waals surface area contributed by atoms with Gasteiger partial charge in [-0.25, -0.2) is 0 Å². The van der Waals surface area contributed by atoms with E-state index in [0.29, 0.717) is 6.54 Å². The molecule has 0 heterocycles. The minimum absolute atomic E-state index is 0. The zero-order chi connectivity index (χ0) is 7.28. The van der Waals surface area contributed by atoms with Crippen molar-refractivity contribution in [2.45, 2.75) is 20.1 Å². The first kappa shape index (κ1) is 13.0. The van der Waals surface area contributed by atoms with Gasteiger partial charge in [-0.15, -0.1) is 17.0 Å². The highest BCUT2D eigenvalue weighted by Crippen LogP contribution is 1.87. The van der Waals surface area contributed by atoms with E-state index in [4.69, 9.17) is 10.2 Å². The molecule has 0 amide bonds. The fraction of sp³-hybridized carbons (Fsp3) is 1.00. The van der Waals surface area contributed by atoms with E-state index in [1.165, 1.54) is 0 Å². The van der Waals surface area contributed by atoms with E-state index >= 15 is 0 Å². The Hall–Kier alpha value is 0.360. The number of hydrogen-bond donors (Lipinski definition) is 2. The van der Waals surface area contributed by atoms with Gasteiger partial charge < -0.3 is 10.2 Å². The maximum atomic E-state index is 8.50. The highest BCUT2D eigenvalue weighted by atomic mass is 79.9. The van der Waals surface area contributed by atoms with E-state index in [-0.39, 0.29) is 17.0 Å². The maximum Gasteiger partial charge on any atom is 0.164 e. The number of aliphatic hydroxyl groups excluding tert-OH is 1. The van der Waals surface area contributed by atoms with Gasteiger partial charge in [-0.05, 0) is 13.1 Å². The summed E-state index contributed by atoms with van der Waals surface area (Å²) in [5, 5.41) is 17.0. The summed E-state index contributed by atoms with van der Waals surface area (Å²) in [4.78, 5) is 1.95. The molecule has 10 heavy (non-hydrogen) atoms. The SMILES string of the molecule is Br.CCN(CC)CC(O)O. The summed E-state index contributed by atoms with van der Waals surface area (Å²) in [6.45, 7) is 6.08. The van der Waals surface area contributed by atoms with Gasteiger partial charge in [0, 0.05) is 6.54 Å². The quantitative estimate of drug-likeness (QED) is 0.658. The summed E-state index contributed by atoms with van der Waals surface area (Å²) < 4.78 is 0. The lowest BCUT2D eigenvalue weighted by Gasteiger charge is -2.18. The Morgan fingerprint density at radius 1 is 1.20 bits per heavy atom. The second kappa shape index (κ2) is 7.47. The van der Waals surface area contributed by atoms with Gasteiger partial charge in [0.1, 0.15) is 0 Å². The van der Waals surface area contributed by atoms with Crippen LogP contribution in [-0.2, 0) is 0 Å². The summed E-state index contributed by atoms with van der Waals surface area (Å²) in [7, 11) is 0. The zero-order valence-electron chi connectivity index (χ0n) is 6.45. The lowest BCUT2D eigenvalue weighted by molar-refractivity contribution is -0.0597. The fourth-order valence-electron chi connectivity index (χ4n) is 0.713. The Morgan fingerprint density at radius 2 is 1.60 bits per heavy atom. The van der Waals surface area contributed by atoms with Gasteiger partial charge in [-0.3, -0.25) is 4.90 Å². The van der Waals surface area contributed by atoms with Gasteiger partial charge in [0.2, 0.25) is 0 Å². The molecule has 0 bridgehead atoms. The molecule has 2 N–H and O–H groups in total. The van der Waals surface area contributed by atoms with E-state index in [0.717, 1.165) is 13.1 Å². The molecule has 0 fully saturated rings. The zero-order valence-corrected chi connectivity index (χ0v) is 8.16. The normalized spacial score (nSPS) is 10.2. The van der Waals surface area contributed by atoms with Crippen molar-refractivity contribution in [3.63, 3.8) is 0 Å². The Bertz CT molecular complexity index is 66.8. The van der Waals surface area contributed by atoms with Crippen LogP contribution in [0.4, 0.5) is 0 Å². The lowest BCUT2D eigenvalue weighted by atomic mass is 10.5. The molecule has 0 aliphatic carbocycles. The van der Waals surface area contributed by atoms with Crippen molar-refractivity contribution in [1.82, 2.24) is 4.90 Å². The molecule has 0 rings (SSSR count). The van der Waals surface area contributed by atoms with Crippen LogP contribution in [0, 0.1) is 0 Å². The molecule has 0 radical (unpaired) electrons. The van der Waals surface area contributed by atoms with Crippen molar-refractivity contribution in [3.05, 3.63) is 0 Å². The van der Waals surface area contributed by atoms with Crippen molar-refractivity contribution in [2.75, 3.05) is 19.6 Å². The molecule has 0 aromatic heterocycles. The molecular weight excluding hydrogens is 198 g/mol. The highest BCUT2D eigenvalue weighted by Gasteiger charge is 2.02. The molecule has 0 aromatic carbocycles. The number of nitrogens with zero attached hydrogens (tertiary/aromatic N) is 1. The van der Waals surface area contributed by atoms with Crippen LogP contribution in [0.25, 0.3) is 0 Å². The molecular formula is C6H16BrNO2. The number of aliphatic hydroxyl groups is 2. The van der Waals surface area contributed by atoms with Crippen LogP contribution in [0.3, 0.4) is 0 Å². The predicted molar refractivity (Wildman–Crippen MR) is 46.3 cm³/mol. The lowest BCUT2D eigenvalue weighted by Crippen LogP contribution is -2.31. The third-order valence-electron chi connectivity index (χ3n) is 1.32. The third kappa shape index (κ3) is 6.48. The summed E-state index contributed by atoms with van der Waals surface area (Å²) >= 11 is 0. The predicted octanol–water partition coefficient (Wildman–Crippen LogP) is 0.217. The van der Waals surface area contributed by atoms with Gasteiger partial charge >= 0.3 is 0 Å². The minimum Gasteiger partial charge on any atom is -0.367 e. The Morgan fingerprint density at radius 3 is 1.70 bits per heavy atom. The van der Waals surface area contributed by atoms with Crippen molar-refractivity contribution >= 4 is 17.0 Å². The molecule has 0 aliphatic heterocycles. The van der Waals surface area contributed by atoms with Gasteiger partial charge in [-0.2, -0.15) is 0 Å². The molecule has 0 unspecified atom stereocenters. The molecule has 64 valence electrons. The minimum atomic E-state index is -1.19.